The molecule has 2 aromatic heterocycles. The molecular weight excluding hydrogens is 762 g/mol. The zero-order chi connectivity index (χ0) is 40.6. The molecule has 0 bridgehead atoms. The Balaban J connectivity index is 1.63. The summed E-state index contributed by atoms with van der Waals surface area (Å²) in [7, 11) is -6.34. The van der Waals surface area contributed by atoms with E-state index in [1.807, 2.05) is 6.07 Å². The molecule has 0 amide bonds. The van der Waals surface area contributed by atoms with Crippen molar-refractivity contribution in [2.75, 3.05) is 11.9 Å². The van der Waals surface area contributed by atoms with Crippen molar-refractivity contribution in [2.24, 2.45) is 11.8 Å². The Hall–Kier alpha value is -1.37. The summed E-state index contributed by atoms with van der Waals surface area (Å²) in [6, 6.07) is 1.94. The molecule has 0 aromatic carbocycles. The number of aromatic nitrogens is 2. The molecule has 0 aliphatic heterocycles. The van der Waals surface area contributed by atoms with Gasteiger partial charge in [0.1, 0.15) is 22.6 Å². The van der Waals surface area contributed by atoms with E-state index >= 15 is 0 Å². The van der Waals surface area contributed by atoms with Gasteiger partial charge in [0.05, 0.1) is 16.5 Å². The molecule has 2 aromatic rings. The van der Waals surface area contributed by atoms with Crippen LogP contribution in [-0.2, 0) is 13.3 Å². The molecule has 0 spiro atoms. The minimum Gasteiger partial charge on any atom is -0.416 e. The highest BCUT2D eigenvalue weighted by molar-refractivity contribution is 7.18. The molecule has 2 fully saturated rings. The summed E-state index contributed by atoms with van der Waals surface area (Å²) >= 11 is 8.21. The second-order valence-electron chi connectivity index (χ2n) is 19.9. The lowest BCUT2D eigenvalue weighted by Crippen LogP contribution is -2.51. The zero-order valence-electron chi connectivity index (χ0n) is 36.2. The molecule has 7 nitrogen and oxygen atoms in total. The van der Waals surface area contributed by atoms with Crippen LogP contribution in [0.5, 0.6) is 0 Å². The lowest BCUT2D eigenvalue weighted by atomic mass is 10.1. The first-order valence-corrected chi connectivity index (χ1v) is 29.4. The second-order valence-corrected chi connectivity index (χ2v) is 36.5. The van der Waals surface area contributed by atoms with E-state index in [0.29, 0.717) is 49.7 Å². The molecule has 2 heterocycles. The average molecular weight is 833 g/mol. The number of nitrogens with one attached hydrogen (secondary N) is 1. The third kappa shape index (κ3) is 10.4. The van der Waals surface area contributed by atoms with E-state index < -0.39 is 31.1 Å². The average Bonchev–Trinajstić information content (AvgIpc) is 3.68. The summed E-state index contributed by atoms with van der Waals surface area (Å²) in [4.78, 5) is 23.8. The third-order valence-corrected chi connectivity index (χ3v) is 29.3. The van der Waals surface area contributed by atoms with Gasteiger partial charge in [-0.05, 0) is 84.6 Å². The van der Waals surface area contributed by atoms with Crippen LogP contribution in [0.15, 0.2) is 18.6 Å². The van der Waals surface area contributed by atoms with Gasteiger partial charge in [-0.3, -0.25) is 4.79 Å². The summed E-state index contributed by atoms with van der Waals surface area (Å²) in [6.07, 6.45) is 6.65. The van der Waals surface area contributed by atoms with Gasteiger partial charge < -0.3 is 18.6 Å². The predicted molar refractivity (Wildman–Crippen MR) is 236 cm³/mol. The Kier molecular flexibility index (Phi) is 14.5. The number of anilines is 1. The first kappa shape index (κ1) is 45.3. The van der Waals surface area contributed by atoms with Gasteiger partial charge in [0, 0.05) is 36.2 Å². The van der Waals surface area contributed by atoms with E-state index in [1.54, 1.807) is 6.20 Å². The number of ketones is 1. The van der Waals surface area contributed by atoms with Gasteiger partial charge in [-0.1, -0.05) is 107 Å². The lowest BCUT2D eigenvalue weighted by Gasteiger charge is -2.45. The molecule has 2 aliphatic carbocycles. The fraction of sp³-hybridized carbons (Fsp3) is 0.738. The summed E-state index contributed by atoms with van der Waals surface area (Å²) in [5, 5.41) is 3.82. The van der Waals surface area contributed by atoms with Gasteiger partial charge in [0.15, 0.2) is 16.6 Å². The number of hydrogen-bond donors (Lipinski definition) is 1. The van der Waals surface area contributed by atoms with Crippen molar-refractivity contribution in [2.45, 2.75) is 180 Å². The van der Waals surface area contributed by atoms with E-state index in [1.165, 1.54) is 17.7 Å². The minimum absolute atomic E-state index is 0.00218. The topological polar surface area (TPSA) is 82.6 Å². The van der Waals surface area contributed by atoms with Gasteiger partial charge in [-0.25, -0.2) is 9.97 Å². The monoisotopic (exact) mass is 831 g/mol. The van der Waals surface area contributed by atoms with Crippen molar-refractivity contribution in [3.8, 4) is 11.8 Å². The van der Waals surface area contributed by atoms with Gasteiger partial charge in [0.25, 0.3) is 0 Å². The molecule has 2 aliphatic rings. The molecule has 1 N–H and O–H groups in total. The van der Waals surface area contributed by atoms with Crippen LogP contribution in [0.25, 0.3) is 0 Å². The molecule has 4 atom stereocenters. The van der Waals surface area contributed by atoms with Crippen LogP contribution in [0.3, 0.4) is 0 Å². The summed E-state index contributed by atoms with van der Waals surface area (Å²) in [5.41, 5.74) is 2.63. The largest absolute Gasteiger partial charge is 0.416 e. The number of halogens is 1. The SMILES string of the molecule is CC(C)[Si](O[C@H]1C[C@H](Nc2ncncc2C(=O)c2cc(C(C#CC3CC3)O[Si](C)(C)C(C)(C)C)c(Cl)s2)C[C@@H]1CO[Si](C)(C)C(C)(C)C)(C(C)C)C(C)C. The van der Waals surface area contributed by atoms with Crippen LogP contribution < -0.4 is 5.32 Å². The third-order valence-electron chi connectivity index (χ3n) is 12.9. The van der Waals surface area contributed by atoms with E-state index in [2.05, 4.69) is 136 Å². The van der Waals surface area contributed by atoms with Crippen LogP contribution in [-0.4, -0.2) is 59.5 Å². The highest BCUT2D eigenvalue weighted by Crippen LogP contribution is 2.47. The number of carbonyl (C=O) groups is 1. The summed E-state index contributed by atoms with van der Waals surface area (Å²) < 4.78 is 21.7. The van der Waals surface area contributed by atoms with Crippen molar-refractivity contribution in [1.82, 2.24) is 9.97 Å². The second kappa shape index (κ2) is 17.2. The first-order valence-electron chi connectivity index (χ1n) is 20.2. The maximum Gasteiger partial charge on any atom is 0.208 e. The quantitative estimate of drug-likeness (QED) is 0.109. The Bertz CT molecular complexity index is 1640. The van der Waals surface area contributed by atoms with E-state index in [4.69, 9.17) is 24.9 Å². The molecule has 302 valence electrons. The number of carbonyl (C=O) groups excluding carboxylic acids is 1. The number of rotatable bonds is 15. The Morgan fingerprint density at radius 3 is 2.09 bits per heavy atom. The van der Waals surface area contributed by atoms with Crippen molar-refractivity contribution < 1.29 is 18.1 Å². The molecule has 2 saturated carbocycles. The molecule has 0 radical (unpaired) electrons. The standard InChI is InChI=1S/C42H70ClN3O4SSi3/c1-27(2)54(28(3)4,29(5)6)50-36-22-32(21-31(36)25-48-52(13,14)41(7,8)9)46-40-34(24-44-26-45-40)38(47)37-23-33(39(43)51-37)35(20-19-30-17-18-30)49-53(15,16)42(10,11)12/h23-24,26-32,35-36H,17-18,21-22,25H2,1-16H3,(H,44,45,46)/t31-,32-,35?,36+/m1/s1. The van der Waals surface area contributed by atoms with Gasteiger partial charge >= 0.3 is 0 Å². The number of thiophene rings is 1. The van der Waals surface area contributed by atoms with E-state index in [0.717, 1.165) is 31.2 Å². The van der Waals surface area contributed by atoms with Crippen LogP contribution in [0.1, 0.15) is 136 Å². The van der Waals surface area contributed by atoms with E-state index in [-0.39, 0.29) is 33.9 Å². The van der Waals surface area contributed by atoms with Crippen molar-refractivity contribution in [3.05, 3.63) is 38.9 Å². The van der Waals surface area contributed by atoms with Crippen molar-refractivity contribution >= 4 is 59.5 Å². The van der Waals surface area contributed by atoms with Crippen molar-refractivity contribution in [3.63, 3.8) is 0 Å². The molecule has 0 saturated heterocycles. The normalized spacial score (nSPS) is 20.8. The van der Waals surface area contributed by atoms with E-state index in [9.17, 15) is 4.79 Å². The Labute approximate surface area is 340 Å². The Morgan fingerprint density at radius 2 is 1.56 bits per heavy atom. The fourth-order valence-corrected chi connectivity index (χ4v) is 16.5. The van der Waals surface area contributed by atoms with Crippen LogP contribution in [0.4, 0.5) is 5.82 Å². The number of hydrogen-bond acceptors (Lipinski definition) is 8. The fourth-order valence-electron chi connectivity index (χ4n) is 7.40. The maximum atomic E-state index is 14.3. The molecule has 1 unspecified atom stereocenters. The number of nitrogens with zero attached hydrogens (tertiary/aromatic N) is 2. The zero-order valence-corrected chi connectivity index (χ0v) is 40.8. The van der Waals surface area contributed by atoms with Crippen molar-refractivity contribution in [1.29, 1.82) is 0 Å². The first-order chi connectivity index (χ1) is 24.8. The smallest absolute Gasteiger partial charge is 0.208 e. The molecule has 12 heteroatoms. The predicted octanol–water partition coefficient (Wildman–Crippen LogP) is 12.7. The molecule has 54 heavy (non-hydrogen) atoms. The maximum absolute atomic E-state index is 14.3. The Morgan fingerprint density at radius 1 is 0.963 bits per heavy atom. The van der Waals surface area contributed by atoms with Crippen LogP contribution in [0, 0.1) is 23.7 Å². The van der Waals surface area contributed by atoms with Gasteiger partial charge in [-0.2, -0.15) is 0 Å². The highest BCUT2D eigenvalue weighted by atomic mass is 35.5. The van der Waals surface area contributed by atoms with Crippen LogP contribution >= 0.6 is 22.9 Å². The summed E-state index contributed by atoms with van der Waals surface area (Å²) in [6.45, 7) is 37.4. The van der Waals surface area contributed by atoms with Crippen LogP contribution in [0.2, 0.25) is 57.2 Å². The molecule has 4 rings (SSSR count). The van der Waals surface area contributed by atoms with Gasteiger partial charge in [0.2, 0.25) is 14.1 Å². The van der Waals surface area contributed by atoms with Gasteiger partial charge in [-0.15, -0.1) is 11.3 Å². The minimum atomic E-state index is -2.20. The highest BCUT2D eigenvalue weighted by Gasteiger charge is 2.50. The summed E-state index contributed by atoms with van der Waals surface area (Å²) in [5.74, 6) is 7.84. The molecular formula is C42H70ClN3O4SSi3. The lowest BCUT2D eigenvalue weighted by molar-refractivity contribution is 0.0971.